The lowest BCUT2D eigenvalue weighted by Crippen LogP contribution is -2.52. The van der Waals surface area contributed by atoms with E-state index in [4.69, 9.17) is 14.2 Å². The van der Waals surface area contributed by atoms with Crippen LogP contribution in [0.1, 0.15) is 44.2 Å². The van der Waals surface area contributed by atoms with Gasteiger partial charge in [0.15, 0.2) is 0 Å². The Balaban J connectivity index is 1.65. The van der Waals surface area contributed by atoms with Crippen molar-refractivity contribution < 1.29 is 22.6 Å². The predicted molar refractivity (Wildman–Crippen MR) is 141 cm³/mol. The first-order valence-electron chi connectivity index (χ1n) is 12.6. The van der Waals surface area contributed by atoms with Crippen LogP contribution in [0.25, 0.3) is 0 Å². The quantitative estimate of drug-likeness (QED) is 0.381. The van der Waals surface area contributed by atoms with E-state index in [1.54, 1.807) is 22.8 Å². The highest BCUT2D eigenvalue weighted by molar-refractivity contribution is 7.86. The van der Waals surface area contributed by atoms with E-state index in [-0.39, 0.29) is 31.2 Å². The van der Waals surface area contributed by atoms with E-state index in [0.717, 1.165) is 41.9 Å². The van der Waals surface area contributed by atoms with Crippen LogP contribution in [0, 0.1) is 5.92 Å². The number of benzene rings is 2. The summed E-state index contributed by atoms with van der Waals surface area (Å²) in [6.07, 6.45) is 4.90. The van der Waals surface area contributed by atoms with Crippen LogP contribution < -0.4 is 9.47 Å². The Kier molecular flexibility index (Phi) is 8.72. The molecular formula is C28H38N2O5S. The lowest BCUT2D eigenvalue weighted by molar-refractivity contribution is 0.0794. The third-order valence-corrected chi connectivity index (χ3v) is 9.18. The van der Waals surface area contributed by atoms with E-state index in [1.807, 2.05) is 55.5 Å². The molecule has 8 heteroatoms. The molecule has 0 N–H and O–H groups in total. The Morgan fingerprint density at radius 1 is 0.972 bits per heavy atom. The van der Waals surface area contributed by atoms with Gasteiger partial charge in [-0.3, -0.25) is 0 Å². The Hall–Kier alpha value is -2.39. The van der Waals surface area contributed by atoms with Crippen molar-refractivity contribution in [3.05, 3.63) is 71.3 Å². The smallest absolute Gasteiger partial charge is 0.282 e. The zero-order chi connectivity index (χ0) is 25.7. The second kappa shape index (κ2) is 11.8. The van der Waals surface area contributed by atoms with Crippen molar-refractivity contribution >= 4 is 10.2 Å². The molecule has 4 rings (SSSR count). The first-order valence-corrected chi connectivity index (χ1v) is 14.0. The van der Waals surface area contributed by atoms with Gasteiger partial charge in [0.2, 0.25) is 0 Å². The first kappa shape index (κ1) is 26.7. The monoisotopic (exact) mass is 514 g/mol. The number of methoxy groups -OCH3 is 2. The molecule has 196 valence electrons. The van der Waals surface area contributed by atoms with Crippen LogP contribution in [0.5, 0.6) is 11.5 Å². The molecule has 0 saturated carbocycles. The fraction of sp³-hybridized carbons (Fsp3) is 0.500. The highest BCUT2D eigenvalue weighted by Gasteiger charge is 2.39. The molecule has 7 nitrogen and oxygen atoms in total. The van der Waals surface area contributed by atoms with Crippen molar-refractivity contribution in [2.45, 2.75) is 58.3 Å². The Bertz CT molecular complexity index is 1080. The molecule has 0 amide bonds. The van der Waals surface area contributed by atoms with Crippen LogP contribution in [-0.2, 0) is 28.0 Å². The molecule has 1 fully saturated rings. The van der Waals surface area contributed by atoms with E-state index >= 15 is 0 Å². The molecule has 2 aliphatic rings. The van der Waals surface area contributed by atoms with Crippen molar-refractivity contribution in [1.82, 2.24) is 8.61 Å². The predicted octanol–water partition coefficient (Wildman–Crippen LogP) is 4.79. The van der Waals surface area contributed by atoms with E-state index in [2.05, 4.69) is 13.0 Å². The van der Waals surface area contributed by atoms with Crippen LogP contribution in [0.3, 0.4) is 0 Å². The lowest BCUT2D eigenvalue weighted by Gasteiger charge is -2.40. The van der Waals surface area contributed by atoms with Crippen molar-refractivity contribution in [3.63, 3.8) is 0 Å². The number of allylic oxidation sites excluding steroid dienone is 1. The van der Waals surface area contributed by atoms with Gasteiger partial charge in [0.25, 0.3) is 10.2 Å². The Labute approximate surface area is 215 Å². The number of hydrogen-bond acceptors (Lipinski definition) is 5. The van der Waals surface area contributed by atoms with Crippen LogP contribution in [0.2, 0.25) is 0 Å². The van der Waals surface area contributed by atoms with Crippen LogP contribution in [0.4, 0.5) is 0 Å². The summed E-state index contributed by atoms with van der Waals surface area (Å²) in [5, 5.41) is 0. The molecule has 2 aromatic rings. The van der Waals surface area contributed by atoms with Gasteiger partial charge in [-0.2, -0.15) is 17.0 Å². The standard InChI is InChI=1S/C28H38N2O5S/c1-21-16-25(17-21)22(2)30(20-28-6-5-15-35-28)36(31,32)29(18-23-7-11-26(33-3)12-8-23)19-24-9-13-27(34-4)14-10-24/h7-14,16,22,25,28H,5-6,15,17-20H2,1-4H3/t22-,25?,28?/m0/s1. The molecule has 0 aromatic heterocycles. The van der Waals surface area contributed by atoms with Crippen molar-refractivity contribution in [2.75, 3.05) is 27.4 Å². The molecule has 0 bridgehead atoms. The highest BCUT2D eigenvalue weighted by Crippen LogP contribution is 2.34. The fourth-order valence-electron chi connectivity index (χ4n) is 4.92. The Morgan fingerprint density at radius 2 is 1.50 bits per heavy atom. The minimum atomic E-state index is -3.82. The molecule has 2 unspecified atom stereocenters. The van der Waals surface area contributed by atoms with Crippen molar-refractivity contribution in [3.8, 4) is 11.5 Å². The highest BCUT2D eigenvalue weighted by atomic mass is 32.2. The van der Waals surface area contributed by atoms with Gasteiger partial charge in [-0.15, -0.1) is 0 Å². The summed E-state index contributed by atoms with van der Waals surface area (Å²) in [5.41, 5.74) is 3.11. The topological polar surface area (TPSA) is 68.3 Å². The zero-order valence-corrected chi connectivity index (χ0v) is 22.5. The zero-order valence-electron chi connectivity index (χ0n) is 21.7. The van der Waals surface area contributed by atoms with Gasteiger partial charge < -0.3 is 14.2 Å². The average Bonchev–Trinajstić information content (AvgIpc) is 3.39. The van der Waals surface area contributed by atoms with Gasteiger partial charge in [0, 0.05) is 32.3 Å². The Morgan fingerprint density at radius 3 is 1.92 bits per heavy atom. The summed E-state index contributed by atoms with van der Waals surface area (Å²) in [7, 11) is -0.579. The second-order valence-electron chi connectivity index (χ2n) is 9.80. The SMILES string of the molecule is COc1ccc(CN(Cc2ccc(OC)cc2)S(=O)(=O)N(CC2CCCO2)[C@@H](C)C2C=C(C)C2)cc1. The molecule has 0 radical (unpaired) electrons. The molecule has 3 atom stereocenters. The summed E-state index contributed by atoms with van der Waals surface area (Å²) in [5.74, 6) is 1.69. The molecule has 36 heavy (non-hydrogen) atoms. The van der Waals surface area contributed by atoms with Gasteiger partial charge in [0.1, 0.15) is 11.5 Å². The number of ether oxygens (including phenoxy) is 3. The fourth-order valence-corrected chi connectivity index (χ4v) is 6.78. The summed E-state index contributed by atoms with van der Waals surface area (Å²) >= 11 is 0. The molecule has 2 aromatic carbocycles. The van der Waals surface area contributed by atoms with Crippen LogP contribution in [-0.4, -0.2) is 56.5 Å². The number of nitrogens with zero attached hydrogens (tertiary/aromatic N) is 2. The molecule has 1 saturated heterocycles. The van der Waals surface area contributed by atoms with Gasteiger partial charge in [-0.05, 0) is 74.4 Å². The minimum absolute atomic E-state index is 0.0730. The van der Waals surface area contributed by atoms with Gasteiger partial charge in [-0.1, -0.05) is 35.9 Å². The van der Waals surface area contributed by atoms with E-state index in [1.165, 1.54) is 5.57 Å². The number of rotatable bonds is 12. The van der Waals surface area contributed by atoms with Crippen molar-refractivity contribution in [1.29, 1.82) is 0 Å². The summed E-state index contributed by atoms with van der Waals surface area (Å²) < 4.78 is 48.5. The second-order valence-corrected chi connectivity index (χ2v) is 11.7. The molecule has 1 aliphatic heterocycles. The summed E-state index contributed by atoms with van der Waals surface area (Å²) in [6.45, 7) is 5.70. The average molecular weight is 515 g/mol. The van der Waals surface area contributed by atoms with Gasteiger partial charge in [0.05, 0.1) is 20.3 Å². The normalized spacial score (nSPS) is 20.8. The maximum Gasteiger partial charge on any atom is 0.282 e. The molecule has 1 aliphatic carbocycles. The van der Waals surface area contributed by atoms with Crippen LogP contribution in [0.15, 0.2) is 60.2 Å². The largest absolute Gasteiger partial charge is 0.497 e. The minimum Gasteiger partial charge on any atom is -0.497 e. The van der Waals surface area contributed by atoms with E-state index in [0.29, 0.717) is 13.2 Å². The van der Waals surface area contributed by atoms with Gasteiger partial charge >= 0.3 is 0 Å². The lowest BCUT2D eigenvalue weighted by atomic mass is 9.82. The number of hydrogen-bond donors (Lipinski definition) is 0. The third kappa shape index (κ3) is 6.29. The first-order chi connectivity index (χ1) is 17.3. The van der Waals surface area contributed by atoms with E-state index in [9.17, 15) is 8.42 Å². The molecule has 1 heterocycles. The van der Waals surface area contributed by atoms with Gasteiger partial charge in [-0.25, -0.2) is 0 Å². The maximum absolute atomic E-state index is 14.4. The third-order valence-electron chi connectivity index (χ3n) is 7.20. The van der Waals surface area contributed by atoms with Crippen molar-refractivity contribution in [2.24, 2.45) is 5.92 Å². The molecular weight excluding hydrogens is 476 g/mol. The van der Waals surface area contributed by atoms with E-state index < -0.39 is 10.2 Å². The summed E-state index contributed by atoms with van der Waals surface area (Å²) in [6, 6.07) is 15.0. The molecule has 0 spiro atoms. The van der Waals surface area contributed by atoms with Crippen LogP contribution >= 0.6 is 0 Å². The maximum atomic E-state index is 14.4. The summed E-state index contributed by atoms with van der Waals surface area (Å²) in [4.78, 5) is 0.